The van der Waals surface area contributed by atoms with Crippen LogP contribution in [0.1, 0.15) is 45.1 Å². The van der Waals surface area contributed by atoms with Gasteiger partial charge in [-0.3, -0.25) is 4.79 Å². The van der Waals surface area contributed by atoms with E-state index >= 15 is 0 Å². The summed E-state index contributed by atoms with van der Waals surface area (Å²) in [7, 11) is 0. The molecule has 18 heavy (non-hydrogen) atoms. The maximum atomic E-state index is 10.9. The highest BCUT2D eigenvalue weighted by molar-refractivity contribution is 5.91. The lowest BCUT2D eigenvalue weighted by molar-refractivity contribution is -0.112. The van der Waals surface area contributed by atoms with Gasteiger partial charge in [0, 0.05) is 5.56 Å². The summed E-state index contributed by atoms with van der Waals surface area (Å²) in [6.07, 6.45) is 8.16. The van der Waals surface area contributed by atoms with Gasteiger partial charge < -0.3 is 4.74 Å². The van der Waals surface area contributed by atoms with Crippen molar-refractivity contribution >= 4 is 11.9 Å². The van der Waals surface area contributed by atoms with E-state index < -0.39 is 0 Å². The maximum absolute atomic E-state index is 10.9. The summed E-state index contributed by atoms with van der Waals surface area (Å²) in [6, 6.07) is 7.80. The third kappa shape index (κ3) is 5.67. The average Bonchev–Trinajstić information content (AvgIpc) is 2.37. The van der Waals surface area contributed by atoms with E-state index in [2.05, 4.69) is 6.92 Å². The van der Waals surface area contributed by atoms with Crippen LogP contribution in [0.3, 0.4) is 0 Å². The summed E-state index contributed by atoms with van der Waals surface area (Å²) < 4.78 is 5.75. The van der Waals surface area contributed by atoms with Gasteiger partial charge in [0.15, 0.2) is 5.78 Å². The molecule has 0 spiro atoms. The van der Waals surface area contributed by atoms with Gasteiger partial charge in [0.2, 0.25) is 0 Å². The number of rotatable bonds is 8. The van der Waals surface area contributed by atoms with Crippen molar-refractivity contribution in [3.8, 4) is 5.75 Å². The van der Waals surface area contributed by atoms with Crippen LogP contribution in [0.25, 0.3) is 6.08 Å². The van der Waals surface area contributed by atoms with Crippen molar-refractivity contribution in [2.75, 3.05) is 6.61 Å². The summed E-state index contributed by atoms with van der Waals surface area (Å²) in [6.45, 7) is 4.48. The van der Waals surface area contributed by atoms with Crippen molar-refractivity contribution < 1.29 is 9.53 Å². The van der Waals surface area contributed by atoms with Gasteiger partial charge >= 0.3 is 0 Å². The number of hydrogen-bond donors (Lipinski definition) is 0. The predicted octanol–water partition coefficient (Wildman–Crippen LogP) is 4.25. The summed E-state index contributed by atoms with van der Waals surface area (Å²) in [5.41, 5.74) is 0.961. The van der Waals surface area contributed by atoms with Crippen LogP contribution in [0, 0.1) is 0 Å². The summed E-state index contributed by atoms with van der Waals surface area (Å²) >= 11 is 0. The van der Waals surface area contributed by atoms with Crippen molar-refractivity contribution in [2.45, 2.75) is 39.5 Å². The normalized spacial score (nSPS) is 10.8. The van der Waals surface area contributed by atoms with E-state index in [-0.39, 0.29) is 5.78 Å². The first kappa shape index (κ1) is 14.5. The number of ether oxygens (including phenoxy) is 1. The number of hydrogen-bond acceptors (Lipinski definition) is 2. The van der Waals surface area contributed by atoms with Crippen molar-refractivity contribution in [1.29, 1.82) is 0 Å². The Hall–Kier alpha value is -1.57. The number of unbranched alkanes of at least 4 members (excludes halogenated alkanes) is 3. The standard InChI is InChI=1S/C16H22O2/c1-3-4-5-8-13-18-16-10-7-6-9-15(16)12-11-14(2)17/h6-7,9-12H,3-5,8,13H2,1-2H3/b12-11+. The molecule has 2 heteroatoms. The number of para-hydroxylation sites is 1. The topological polar surface area (TPSA) is 26.3 Å². The third-order valence-electron chi connectivity index (χ3n) is 2.67. The molecule has 0 aromatic heterocycles. The lowest BCUT2D eigenvalue weighted by atomic mass is 10.1. The van der Waals surface area contributed by atoms with Gasteiger partial charge in [-0.1, -0.05) is 44.4 Å². The van der Waals surface area contributed by atoms with E-state index in [1.54, 1.807) is 13.0 Å². The van der Waals surface area contributed by atoms with Gasteiger partial charge in [0.1, 0.15) is 5.75 Å². The smallest absolute Gasteiger partial charge is 0.152 e. The summed E-state index contributed by atoms with van der Waals surface area (Å²) in [5.74, 6) is 0.902. The lowest BCUT2D eigenvalue weighted by Gasteiger charge is -2.08. The number of benzene rings is 1. The fraction of sp³-hybridized carbons (Fsp3) is 0.438. The first-order chi connectivity index (χ1) is 8.74. The zero-order valence-corrected chi connectivity index (χ0v) is 11.3. The summed E-state index contributed by atoms with van der Waals surface area (Å²) in [4.78, 5) is 10.9. The van der Waals surface area contributed by atoms with E-state index in [0.29, 0.717) is 0 Å². The molecule has 0 saturated heterocycles. The Morgan fingerprint density at radius 2 is 2.00 bits per heavy atom. The minimum absolute atomic E-state index is 0.0488. The van der Waals surface area contributed by atoms with Gasteiger partial charge in [0.25, 0.3) is 0 Å². The predicted molar refractivity (Wildman–Crippen MR) is 75.8 cm³/mol. The van der Waals surface area contributed by atoms with Crippen molar-refractivity contribution in [3.63, 3.8) is 0 Å². The molecule has 1 aromatic carbocycles. The molecule has 0 saturated carbocycles. The molecule has 0 unspecified atom stereocenters. The monoisotopic (exact) mass is 246 g/mol. The molecule has 2 nitrogen and oxygen atoms in total. The Kier molecular flexibility index (Phi) is 6.85. The molecule has 0 aliphatic rings. The summed E-state index contributed by atoms with van der Waals surface area (Å²) in [5, 5.41) is 0. The fourth-order valence-electron chi connectivity index (χ4n) is 1.67. The van der Waals surface area contributed by atoms with Crippen molar-refractivity contribution in [2.24, 2.45) is 0 Å². The first-order valence-corrected chi connectivity index (χ1v) is 6.64. The van der Waals surface area contributed by atoms with E-state index in [9.17, 15) is 4.79 Å². The van der Waals surface area contributed by atoms with E-state index in [0.717, 1.165) is 24.3 Å². The minimum atomic E-state index is 0.0488. The highest BCUT2D eigenvalue weighted by atomic mass is 16.5. The minimum Gasteiger partial charge on any atom is -0.493 e. The number of carbonyl (C=O) groups excluding carboxylic acids is 1. The highest BCUT2D eigenvalue weighted by Gasteiger charge is 1.99. The molecule has 0 N–H and O–H groups in total. The van der Waals surface area contributed by atoms with E-state index in [1.807, 2.05) is 30.3 Å². The molecule has 1 aromatic rings. The molecular formula is C16H22O2. The van der Waals surface area contributed by atoms with Crippen LogP contribution in [0.15, 0.2) is 30.3 Å². The van der Waals surface area contributed by atoms with Crippen molar-refractivity contribution in [1.82, 2.24) is 0 Å². The van der Waals surface area contributed by atoms with Crippen LogP contribution >= 0.6 is 0 Å². The van der Waals surface area contributed by atoms with E-state index in [1.165, 1.54) is 19.3 Å². The zero-order valence-electron chi connectivity index (χ0n) is 11.3. The molecule has 0 aliphatic carbocycles. The zero-order chi connectivity index (χ0) is 13.2. The van der Waals surface area contributed by atoms with Gasteiger partial charge in [-0.25, -0.2) is 0 Å². The largest absolute Gasteiger partial charge is 0.493 e. The Balaban J connectivity index is 2.51. The van der Waals surface area contributed by atoms with Crippen LogP contribution < -0.4 is 4.74 Å². The molecule has 0 atom stereocenters. The fourth-order valence-corrected chi connectivity index (χ4v) is 1.67. The van der Waals surface area contributed by atoms with Gasteiger partial charge in [0.05, 0.1) is 6.61 Å². The molecule has 0 aliphatic heterocycles. The van der Waals surface area contributed by atoms with Crippen LogP contribution in [-0.2, 0) is 4.79 Å². The average molecular weight is 246 g/mol. The number of carbonyl (C=O) groups is 1. The SMILES string of the molecule is CCCCCCOc1ccccc1/C=C/C(C)=O. The lowest BCUT2D eigenvalue weighted by Crippen LogP contribution is -1.98. The van der Waals surface area contributed by atoms with Gasteiger partial charge in [-0.2, -0.15) is 0 Å². The molecule has 0 amide bonds. The van der Waals surface area contributed by atoms with E-state index in [4.69, 9.17) is 4.74 Å². The third-order valence-corrected chi connectivity index (χ3v) is 2.67. The van der Waals surface area contributed by atoms with Crippen LogP contribution in [0.2, 0.25) is 0 Å². The quantitative estimate of drug-likeness (QED) is 0.506. The Labute approximate surface area is 110 Å². The van der Waals surface area contributed by atoms with Gasteiger partial charge in [-0.15, -0.1) is 0 Å². The molecule has 1 rings (SSSR count). The van der Waals surface area contributed by atoms with Gasteiger partial charge in [-0.05, 0) is 31.6 Å². The Morgan fingerprint density at radius 1 is 1.22 bits per heavy atom. The highest BCUT2D eigenvalue weighted by Crippen LogP contribution is 2.19. The van der Waals surface area contributed by atoms with Crippen LogP contribution in [0.5, 0.6) is 5.75 Å². The number of ketones is 1. The second kappa shape index (κ2) is 8.51. The Bertz CT molecular complexity index is 394. The number of allylic oxidation sites excluding steroid dienone is 1. The second-order valence-electron chi connectivity index (χ2n) is 4.39. The molecule has 0 fully saturated rings. The van der Waals surface area contributed by atoms with Crippen LogP contribution in [0.4, 0.5) is 0 Å². The molecule has 0 radical (unpaired) electrons. The van der Waals surface area contributed by atoms with Crippen LogP contribution in [-0.4, -0.2) is 12.4 Å². The molecule has 98 valence electrons. The van der Waals surface area contributed by atoms with Crippen molar-refractivity contribution in [3.05, 3.63) is 35.9 Å². The molecular weight excluding hydrogens is 224 g/mol. The molecule has 0 heterocycles. The maximum Gasteiger partial charge on any atom is 0.152 e. The second-order valence-corrected chi connectivity index (χ2v) is 4.39. The Morgan fingerprint density at radius 3 is 2.72 bits per heavy atom. The first-order valence-electron chi connectivity index (χ1n) is 6.64. The molecule has 0 bridgehead atoms.